The molecule has 1 saturated carbocycles. The van der Waals surface area contributed by atoms with Crippen LogP contribution in [0, 0.1) is 5.92 Å². The predicted octanol–water partition coefficient (Wildman–Crippen LogP) is 3.19. The summed E-state index contributed by atoms with van der Waals surface area (Å²) in [5.74, 6) is 1.82. The van der Waals surface area contributed by atoms with Crippen LogP contribution < -0.4 is 10.1 Å². The van der Waals surface area contributed by atoms with E-state index in [9.17, 15) is 0 Å². The zero-order chi connectivity index (χ0) is 13.5. The summed E-state index contributed by atoms with van der Waals surface area (Å²) >= 11 is 0. The lowest BCUT2D eigenvalue weighted by Crippen LogP contribution is -2.31. The lowest BCUT2D eigenvalue weighted by Gasteiger charge is -2.17. The number of nitrogens with zero attached hydrogens (tertiary/aromatic N) is 1. The van der Waals surface area contributed by atoms with Crippen molar-refractivity contribution in [3.05, 3.63) is 24.0 Å². The molecule has 1 aliphatic rings. The Morgan fingerprint density at radius 1 is 1.37 bits per heavy atom. The maximum Gasteiger partial charge on any atom is 0.137 e. The van der Waals surface area contributed by atoms with Crippen molar-refractivity contribution in [3.8, 4) is 5.75 Å². The average Bonchev–Trinajstić information content (AvgIpc) is 3.26. The van der Waals surface area contributed by atoms with Crippen LogP contribution in [0.1, 0.15) is 45.1 Å². The molecule has 1 aromatic heterocycles. The molecule has 0 aromatic carbocycles. The van der Waals surface area contributed by atoms with E-state index in [-0.39, 0.29) is 0 Å². The fraction of sp³-hybridized carbons (Fsp3) is 0.688. The van der Waals surface area contributed by atoms with Crippen molar-refractivity contribution in [2.45, 2.75) is 52.0 Å². The van der Waals surface area contributed by atoms with Gasteiger partial charge in [-0.3, -0.25) is 4.98 Å². The van der Waals surface area contributed by atoms with Crippen LogP contribution in [0.4, 0.5) is 0 Å². The van der Waals surface area contributed by atoms with E-state index in [1.807, 2.05) is 12.4 Å². The molecule has 1 heterocycles. The van der Waals surface area contributed by atoms with Crippen molar-refractivity contribution in [3.63, 3.8) is 0 Å². The van der Waals surface area contributed by atoms with Gasteiger partial charge in [-0.1, -0.05) is 13.8 Å². The molecule has 1 aliphatic carbocycles. The van der Waals surface area contributed by atoms with Gasteiger partial charge in [0.05, 0.1) is 12.8 Å². The van der Waals surface area contributed by atoms with Gasteiger partial charge in [0.2, 0.25) is 0 Å². The van der Waals surface area contributed by atoms with Gasteiger partial charge in [0.1, 0.15) is 5.75 Å². The summed E-state index contributed by atoms with van der Waals surface area (Å²) < 4.78 is 5.63. The van der Waals surface area contributed by atoms with Crippen LogP contribution in [0.15, 0.2) is 18.5 Å². The molecule has 0 saturated heterocycles. The van der Waals surface area contributed by atoms with E-state index < -0.39 is 0 Å². The highest BCUT2D eigenvalue weighted by molar-refractivity contribution is 5.23. The summed E-state index contributed by atoms with van der Waals surface area (Å²) in [6.45, 7) is 6.15. The minimum absolute atomic E-state index is 0.685. The zero-order valence-corrected chi connectivity index (χ0v) is 12.2. The van der Waals surface area contributed by atoms with Gasteiger partial charge in [0, 0.05) is 12.2 Å². The number of aryl methyl sites for hydroxylation is 1. The SMILES string of the molecule is CCCOc1cncc(CCC(NCC)C2CC2)c1. The van der Waals surface area contributed by atoms with Gasteiger partial charge in [-0.2, -0.15) is 0 Å². The quantitative estimate of drug-likeness (QED) is 0.742. The molecule has 106 valence electrons. The highest BCUT2D eigenvalue weighted by Crippen LogP contribution is 2.34. The molecule has 1 N–H and O–H groups in total. The van der Waals surface area contributed by atoms with Crippen molar-refractivity contribution in [2.75, 3.05) is 13.2 Å². The van der Waals surface area contributed by atoms with Gasteiger partial charge in [-0.05, 0) is 56.2 Å². The summed E-state index contributed by atoms with van der Waals surface area (Å²) in [4.78, 5) is 4.28. The molecule has 0 spiro atoms. The largest absolute Gasteiger partial charge is 0.492 e. The first kappa shape index (κ1) is 14.3. The standard InChI is InChI=1S/C16H26N2O/c1-3-9-19-15-10-13(11-17-12-15)5-8-16(18-4-2)14-6-7-14/h10-12,14,16,18H,3-9H2,1-2H3. The van der Waals surface area contributed by atoms with E-state index in [2.05, 4.69) is 30.2 Å². The Hall–Kier alpha value is -1.09. The van der Waals surface area contributed by atoms with E-state index in [4.69, 9.17) is 4.74 Å². The number of pyridine rings is 1. The number of nitrogens with one attached hydrogen (secondary N) is 1. The normalized spacial score (nSPS) is 16.3. The van der Waals surface area contributed by atoms with Crippen LogP contribution in [0.25, 0.3) is 0 Å². The maximum atomic E-state index is 5.63. The molecule has 3 heteroatoms. The molecule has 19 heavy (non-hydrogen) atoms. The van der Waals surface area contributed by atoms with Crippen LogP contribution >= 0.6 is 0 Å². The second kappa shape index (κ2) is 7.49. The minimum Gasteiger partial charge on any atom is -0.492 e. The zero-order valence-electron chi connectivity index (χ0n) is 12.2. The molecule has 0 radical (unpaired) electrons. The van der Waals surface area contributed by atoms with E-state index in [0.29, 0.717) is 6.04 Å². The average molecular weight is 262 g/mol. The summed E-state index contributed by atoms with van der Waals surface area (Å²) in [7, 11) is 0. The maximum absolute atomic E-state index is 5.63. The smallest absolute Gasteiger partial charge is 0.137 e. The van der Waals surface area contributed by atoms with E-state index >= 15 is 0 Å². The second-order valence-electron chi connectivity index (χ2n) is 5.42. The molecule has 1 fully saturated rings. The van der Waals surface area contributed by atoms with Crippen molar-refractivity contribution in [1.82, 2.24) is 10.3 Å². The van der Waals surface area contributed by atoms with Crippen molar-refractivity contribution in [1.29, 1.82) is 0 Å². The van der Waals surface area contributed by atoms with Crippen LogP contribution in [0.2, 0.25) is 0 Å². The number of hydrogen-bond donors (Lipinski definition) is 1. The highest BCUT2D eigenvalue weighted by atomic mass is 16.5. The molecule has 3 nitrogen and oxygen atoms in total. The Kier molecular flexibility index (Phi) is 5.64. The molecular weight excluding hydrogens is 236 g/mol. The second-order valence-corrected chi connectivity index (χ2v) is 5.42. The minimum atomic E-state index is 0.685. The Bertz CT molecular complexity index is 377. The number of aromatic nitrogens is 1. The fourth-order valence-electron chi connectivity index (χ4n) is 2.49. The van der Waals surface area contributed by atoms with Crippen molar-refractivity contribution < 1.29 is 4.74 Å². The lowest BCUT2D eigenvalue weighted by molar-refractivity contribution is 0.315. The monoisotopic (exact) mass is 262 g/mol. The first-order valence-electron chi connectivity index (χ1n) is 7.63. The first-order chi connectivity index (χ1) is 9.33. The van der Waals surface area contributed by atoms with E-state index in [0.717, 1.165) is 37.7 Å². The molecule has 1 aromatic rings. The van der Waals surface area contributed by atoms with E-state index in [1.54, 1.807) is 0 Å². The van der Waals surface area contributed by atoms with Gasteiger partial charge in [-0.15, -0.1) is 0 Å². The van der Waals surface area contributed by atoms with Gasteiger partial charge in [0.15, 0.2) is 0 Å². The third kappa shape index (κ3) is 4.83. The van der Waals surface area contributed by atoms with Crippen LogP contribution in [-0.2, 0) is 6.42 Å². The Morgan fingerprint density at radius 2 is 2.21 bits per heavy atom. The van der Waals surface area contributed by atoms with Gasteiger partial charge in [-0.25, -0.2) is 0 Å². The third-order valence-electron chi connectivity index (χ3n) is 3.64. The van der Waals surface area contributed by atoms with Crippen LogP contribution in [0.3, 0.4) is 0 Å². The van der Waals surface area contributed by atoms with Gasteiger partial charge >= 0.3 is 0 Å². The Morgan fingerprint density at radius 3 is 2.89 bits per heavy atom. The summed E-state index contributed by atoms with van der Waals surface area (Å²) in [6.07, 6.45) is 9.90. The Balaban J connectivity index is 1.83. The molecule has 1 atom stereocenters. The summed E-state index contributed by atoms with van der Waals surface area (Å²) in [5.41, 5.74) is 1.29. The highest BCUT2D eigenvalue weighted by Gasteiger charge is 2.29. The third-order valence-corrected chi connectivity index (χ3v) is 3.64. The predicted molar refractivity (Wildman–Crippen MR) is 78.5 cm³/mol. The van der Waals surface area contributed by atoms with Crippen LogP contribution in [0.5, 0.6) is 5.75 Å². The van der Waals surface area contributed by atoms with Crippen molar-refractivity contribution in [2.24, 2.45) is 5.92 Å². The number of rotatable bonds is 9. The number of ether oxygens (including phenoxy) is 1. The fourth-order valence-corrected chi connectivity index (χ4v) is 2.49. The summed E-state index contributed by atoms with van der Waals surface area (Å²) in [5, 5.41) is 3.61. The van der Waals surface area contributed by atoms with Crippen molar-refractivity contribution >= 4 is 0 Å². The van der Waals surface area contributed by atoms with Crippen LogP contribution in [-0.4, -0.2) is 24.2 Å². The molecule has 1 unspecified atom stereocenters. The van der Waals surface area contributed by atoms with Gasteiger partial charge in [0.25, 0.3) is 0 Å². The first-order valence-corrected chi connectivity index (χ1v) is 7.63. The number of hydrogen-bond acceptors (Lipinski definition) is 3. The molecule has 0 amide bonds. The molecule has 2 rings (SSSR count). The Labute approximate surface area is 116 Å². The molecular formula is C16H26N2O. The topological polar surface area (TPSA) is 34.1 Å². The van der Waals surface area contributed by atoms with Gasteiger partial charge < -0.3 is 10.1 Å². The molecule has 0 bridgehead atoms. The van der Waals surface area contributed by atoms with E-state index in [1.165, 1.54) is 24.8 Å². The molecule has 0 aliphatic heterocycles. The summed E-state index contributed by atoms with van der Waals surface area (Å²) in [6, 6.07) is 2.82. The lowest BCUT2D eigenvalue weighted by atomic mass is 10.0.